The molecule has 1 atom stereocenters. The largest absolute Gasteiger partial charge is 0.466 e. The van der Waals surface area contributed by atoms with Gasteiger partial charge in [-0.1, -0.05) is 6.92 Å². The molecule has 0 saturated carbocycles. The molecule has 6 heteroatoms. The summed E-state index contributed by atoms with van der Waals surface area (Å²) in [6, 6.07) is 4.16. The maximum Gasteiger partial charge on any atom is 0.208 e. The van der Waals surface area contributed by atoms with E-state index in [2.05, 4.69) is 22.6 Å². The highest BCUT2D eigenvalue weighted by molar-refractivity contribution is 7.88. The van der Waals surface area contributed by atoms with Crippen molar-refractivity contribution in [3.05, 3.63) is 23.7 Å². The fourth-order valence-corrected chi connectivity index (χ4v) is 3.66. The summed E-state index contributed by atoms with van der Waals surface area (Å²) in [5.74, 6) is 2.44. The van der Waals surface area contributed by atoms with Gasteiger partial charge in [0.25, 0.3) is 0 Å². The Morgan fingerprint density at radius 2 is 2.05 bits per heavy atom. The lowest BCUT2D eigenvalue weighted by Crippen LogP contribution is -2.44. The molecule has 0 aromatic carbocycles. The first kappa shape index (κ1) is 16.5. The normalized spacial score (nSPS) is 19.8. The van der Waals surface area contributed by atoms with Crippen LogP contribution in [0.25, 0.3) is 0 Å². The van der Waals surface area contributed by atoms with Crippen LogP contribution in [0.3, 0.4) is 0 Å². The van der Waals surface area contributed by atoms with Gasteiger partial charge in [-0.15, -0.1) is 0 Å². The smallest absolute Gasteiger partial charge is 0.208 e. The molecule has 2 rings (SSSR count). The first-order chi connectivity index (χ1) is 9.83. The average molecular weight is 314 g/mol. The number of rotatable bonds is 6. The Morgan fingerprint density at radius 3 is 2.57 bits per heavy atom. The van der Waals surface area contributed by atoms with Gasteiger partial charge in [0.1, 0.15) is 11.5 Å². The lowest BCUT2D eigenvalue weighted by Gasteiger charge is -2.32. The molecular formula is C15H26N2O3S. The molecule has 21 heavy (non-hydrogen) atoms. The Hall–Kier alpha value is -0.850. The van der Waals surface area contributed by atoms with Gasteiger partial charge in [-0.3, -0.25) is 0 Å². The van der Waals surface area contributed by atoms with Crippen LogP contribution in [0.1, 0.15) is 43.6 Å². The maximum atomic E-state index is 11.2. The quantitative estimate of drug-likeness (QED) is 0.873. The summed E-state index contributed by atoms with van der Waals surface area (Å²) in [7, 11) is -3.08. The minimum Gasteiger partial charge on any atom is -0.466 e. The van der Waals surface area contributed by atoms with Crippen LogP contribution in [0.15, 0.2) is 16.5 Å². The van der Waals surface area contributed by atoms with Crippen LogP contribution in [0.2, 0.25) is 0 Å². The van der Waals surface area contributed by atoms with Gasteiger partial charge in [0.15, 0.2) is 0 Å². The van der Waals surface area contributed by atoms with E-state index in [0.29, 0.717) is 5.92 Å². The van der Waals surface area contributed by atoms with Crippen LogP contribution in [-0.4, -0.2) is 45.2 Å². The number of likely N-dealkylation sites (tertiary alicyclic amines) is 1. The van der Waals surface area contributed by atoms with E-state index in [9.17, 15) is 8.42 Å². The molecule has 0 radical (unpaired) electrons. The molecule has 1 aliphatic heterocycles. The van der Waals surface area contributed by atoms with E-state index in [4.69, 9.17) is 4.42 Å². The van der Waals surface area contributed by atoms with E-state index in [1.54, 1.807) is 0 Å². The molecule has 0 amide bonds. The highest BCUT2D eigenvalue weighted by Gasteiger charge is 2.22. The zero-order chi connectivity index (χ0) is 15.5. The number of sulfonamides is 1. The molecule has 5 nitrogen and oxygen atoms in total. The number of furan rings is 1. The first-order valence-corrected chi connectivity index (χ1v) is 9.48. The third-order valence-corrected chi connectivity index (χ3v) is 4.85. The van der Waals surface area contributed by atoms with Gasteiger partial charge in [-0.05, 0) is 58.0 Å². The summed E-state index contributed by atoms with van der Waals surface area (Å²) < 4.78 is 30.8. The molecule has 0 aliphatic carbocycles. The van der Waals surface area contributed by atoms with Gasteiger partial charge in [-0.25, -0.2) is 13.1 Å². The molecule has 1 aliphatic rings. The summed E-state index contributed by atoms with van der Waals surface area (Å²) in [6.07, 6.45) is 4.08. The van der Waals surface area contributed by atoms with E-state index >= 15 is 0 Å². The number of hydrogen-bond donors (Lipinski definition) is 1. The molecule has 120 valence electrons. The van der Waals surface area contributed by atoms with Crippen molar-refractivity contribution in [3.63, 3.8) is 0 Å². The van der Waals surface area contributed by atoms with Crippen molar-refractivity contribution in [3.8, 4) is 0 Å². The molecular weight excluding hydrogens is 288 g/mol. The zero-order valence-corrected chi connectivity index (χ0v) is 13.9. The number of hydrogen-bond acceptors (Lipinski definition) is 4. The van der Waals surface area contributed by atoms with Crippen LogP contribution in [0.5, 0.6) is 0 Å². The molecule has 2 heterocycles. The van der Waals surface area contributed by atoms with Crippen molar-refractivity contribution in [1.29, 1.82) is 0 Å². The molecule has 1 saturated heterocycles. The van der Waals surface area contributed by atoms with Gasteiger partial charge in [-0.2, -0.15) is 0 Å². The second-order valence-electron chi connectivity index (χ2n) is 6.14. The Morgan fingerprint density at radius 1 is 1.38 bits per heavy atom. The summed E-state index contributed by atoms with van der Waals surface area (Å²) in [6.45, 7) is 7.10. The highest BCUT2D eigenvalue weighted by Crippen LogP contribution is 2.22. The number of nitrogens with one attached hydrogen (secondary N) is 1. The standard InChI is InChI=1S/C15H26N2O3S/c1-12(15-5-4-13(2)20-15)6-9-17-10-7-14(8-11-17)16-21(3,18)19/h4-5,12,14,16H,6-11H2,1-3H3/t12-/m0/s1. The molecule has 1 fully saturated rings. The number of piperidine rings is 1. The molecule has 0 bridgehead atoms. The zero-order valence-electron chi connectivity index (χ0n) is 13.1. The van der Waals surface area contributed by atoms with Gasteiger partial charge in [0, 0.05) is 12.0 Å². The fraction of sp³-hybridized carbons (Fsp3) is 0.733. The molecule has 1 N–H and O–H groups in total. The number of nitrogens with zero attached hydrogens (tertiary/aromatic N) is 1. The lowest BCUT2D eigenvalue weighted by molar-refractivity contribution is 0.200. The molecule has 1 aromatic heterocycles. The number of aryl methyl sites for hydroxylation is 1. The van der Waals surface area contributed by atoms with Crippen molar-refractivity contribution in [2.45, 2.75) is 45.1 Å². The van der Waals surface area contributed by atoms with Crippen molar-refractivity contribution < 1.29 is 12.8 Å². The van der Waals surface area contributed by atoms with Gasteiger partial charge in [0.2, 0.25) is 10.0 Å². The molecule has 0 spiro atoms. The van der Waals surface area contributed by atoms with E-state index < -0.39 is 10.0 Å². The van der Waals surface area contributed by atoms with Crippen LogP contribution < -0.4 is 4.72 Å². The predicted octanol–water partition coefficient (Wildman–Crippen LogP) is 2.10. The Labute approximate surface area is 127 Å². The molecule has 0 unspecified atom stereocenters. The van der Waals surface area contributed by atoms with E-state index in [0.717, 1.165) is 50.4 Å². The SMILES string of the molecule is Cc1ccc([C@@H](C)CCN2CCC(NS(C)(=O)=O)CC2)o1. The van der Waals surface area contributed by atoms with E-state index in [1.165, 1.54) is 6.26 Å². The Kier molecular flexibility index (Phi) is 5.46. The molecule has 1 aromatic rings. The highest BCUT2D eigenvalue weighted by atomic mass is 32.2. The second kappa shape index (κ2) is 6.94. The second-order valence-corrected chi connectivity index (χ2v) is 7.92. The van der Waals surface area contributed by atoms with Gasteiger partial charge >= 0.3 is 0 Å². The van der Waals surface area contributed by atoms with E-state index in [-0.39, 0.29) is 6.04 Å². The van der Waals surface area contributed by atoms with Crippen LogP contribution in [0, 0.1) is 6.92 Å². The summed E-state index contributed by atoms with van der Waals surface area (Å²) in [5, 5.41) is 0. The minimum atomic E-state index is -3.08. The maximum absolute atomic E-state index is 11.2. The van der Waals surface area contributed by atoms with Crippen molar-refractivity contribution in [2.24, 2.45) is 0 Å². The van der Waals surface area contributed by atoms with Crippen molar-refractivity contribution >= 4 is 10.0 Å². The monoisotopic (exact) mass is 314 g/mol. The Balaban J connectivity index is 1.71. The van der Waals surface area contributed by atoms with Crippen LogP contribution in [0.4, 0.5) is 0 Å². The third-order valence-electron chi connectivity index (χ3n) is 4.09. The van der Waals surface area contributed by atoms with Crippen molar-refractivity contribution in [2.75, 3.05) is 25.9 Å². The minimum absolute atomic E-state index is 0.0985. The van der Waals surface area contributed by atoms with Gasteiger partial charge < -0.3 is 9.32 Å². The summed E-state index contributed by atoms with van der Waals surface area (Å²) >= 11 is 0. The van der Waals surface area contributed by atoms with Crippen LogP contribution in [-0.2, 0) is 10.0 Å². The van der Waals surface area contributed by atoms with Gasteiger partial charge in [0.05, 0.1) is 6.26 Å². The van der Waals surface area contributed by atoms with Crippen LogP contribution >= 0.6 is 0 Å². The third kappa shape index (κ3) is 5.45. The fourth-order valence-electron chi connectivity index (χ4n) is 2.81. The lowest BCUT2D eigenvalue weighted by atomic mass is 10.0. The van der Waals surface area contributed by atoms with E-state index in [1.807, 2.05) is 13.0 Å². The average Bonchev–Trinajstić information content (AvgIpc) is 2.82. The summed E-state index contributed by atoms with van der Waals surface area (Å²) in [5.41, 5.74) is 0. The van der Waals surface area contributed by atoms with Crippen molar-refractivity contribution in [1.82, 2.24) is 9.62 Å². The Bertz CT molecular complexity index is 545. The predicted molar refractivity (Wildman–Crippen MR) is 83.9 cm³/mol. The first-order valence-electron chi connectivity index (χ1n) is 7.59. The topological polar surface area (TPSA) is 62.6 Å². The summed E-state index contributed by atoms with van der Waals surface area (Å²) in [4.78, 5) is 2.41.